The minimum absolute atomic E-state index is 0.159. The first-order valence-electron chi connectivity index (χ1n) is 4.71. The Kier molecular flexibility index (Phi) is 5.23. The van der Waals surface area contributed by atoms with Gasteiger partial charge >= 0.3 is 0 Å². The van der Waals surface area contributed by atoms with E-state index < -0.39 is 0 Å². The van der Waals surface area contributed by atoms with Crippen LogP contribution in [0, 0.1) is 17.2 Å². The molecule has 0 bridgehead atoms. The van der Waals surface area contributed by atoms with E-state index in [1.165, 1.54) is 6.08 Å². The van der Waals surface area contributed by atoms with Crippen molar-refractivity contribution in [2.24, 2.45) is 5.92 Å². The Bertz CT molecular complexity index is 433. The Hall–Kier alpha value is -1.12. The van der Waals surface area contributed by atoms with Gasteiger partial charge in [0.2, 0.25) is 5.91 Å². The zero-order chi connectivity index (χ0) is 12.0. The SMILES string of the molecule is C[C@H](C#N)CNC(=O)/C=C/c1cc(Br)cs1. The van der Waals surface area contributed by atoms with Crippen LogP contribution in [0.3, 0.4) is 0 Å². The quantitative estimate of drug-likeness (QED) is 0.869. The number of hydrogen-bond acceptors (Lipinski definition) is 3. The van der Waals surface area contributed by atoms with Gasteiger partial charge in [0.15, 0.2) is 0 Å². The summed E-state index contributed by atoms with van der Waals surface area (Å²) in [6.07, 6.45) is 3.23. The van der Waals surface area contributed by atoms with E-state index in [1.807, 2.05) is 11.4 Å². The Morgan fingerprint density at radius 2 is 2.56 bits per heavy atom. The number of halogens is 1. The van der Waals surface area contributed by atoms with Gasteiger partial charge in [0.1, 0.15) is 0 Å². The van der Waals surface area contributed by atoms with E-state index >= 15 is 0 Å². The number of amides is 1. The largest absolute Gasteiger partial charge is 0.351 e. The predicted octanol–water partition coefficient (Wildman–Crippen LogP) is 2.80. The van der Waals surface area contributed by atoms with Gasteiger partial charge in [-0.2, -0.15) is 5.26 Å². The first kappa shape index (κ1) is 12.9. The Labute approximate surface area is 107 Å². The zero-order valence-corrected chi connectivity index (χ0v) is 11.1. The molecule has 1 aromatic rings. The second-order valence-electron chi connectivity index (χ2n) is 3.28. The van der Waals surface area contributed by atoms with E-state index in [0.717, 1.165) is 9.35 Å². The van der Waals surface area contributed by atoms with Crippen LogP contribution in [0.25, 0.3) is 6.08 Å². The highest BCUT2D eigenvalue weighted by molar-refractivity contribution is 9.10. The summed E-state index contributed by atoms with van der Waals surface area (Å²) in [4.78, 5) is 12.3. The molecule has 0 saturated carbocycles. The average molecular weight is 299 g/mol. The molecule has 1 N–H and O–H groups in total. The van der Waals surface area contributed by atoms with E-state index in [-0.39, 0.29) is 11.8 Å². The molecule has 0 spiro atoms. The first-order chi connectivity index (χ1) is 7.61. The molecule has 1 rings (SSSR count). The molecule has 1 amide bonds. The molecule has 0 unspecified atom stereocenters. The van der Waals surface area contributed by atoms with Gasteiger partial charge in [-0.1, -0.05) is 0 Å². The Morgan fingerprint density at radius 1 is 1.81 bits per heavy atom. The van der Waals surface area contributed by atoms with Gasteiger partial charge in [-0.05, 0) is 35.0 Å². The third-order valence-electron chi connectivity index (χ3n) is 1.79. The summed E-state index contributed by atoms with van der Waals surface area (Å²) in [7, 11) is 0. The number of nitrogens with one attached hydrogen (secondary N) is 1. The fourth-order valence-electron chi connectivity index (χ4n) is 0.932. The van der Waals surface area contributed by atoms with Crippen LogP contribution >= 0.6 is 27.3 Å². The maximum absolute atomic E-state index is 11.3. The molecule has 0 fully saturated rings. The van der Waals surface area contributed by atoms with Crippen LogP contribution < -0.4 is 5.32 Å². The van der Waals surface area contributed by atoms with Crippen molar-refractivity contribution in [1.29, 1.82) is 5.26 Å². The molecule has 0 aliphatic carbocycles. The predicted molar refractivity (Wildman–Crippen MR) is 68.8 cm³/mol. The molecule has 0 saturated heterocycles. The smallest absolute Gasteiger partial charge is 0.244 e. The van der Waals surface area contributed by atoms with Crippen molar-refractivity contribution in [1.82, 2.24) is 5.32 Å². The number of rotatable bonds is 4. The lowest BCUT2D eigenvalue weighted by molar-refractivity contribution is -0.116. The molecule has 1 atom stereocenters. The van der Waals surface area contributed by atoms with E-state index in [1.54, 1.807) is 24.3 Å². The van der Waals surface area contributed by atoms with Crippen molar-refractivity contribution >= 4 is 39.2 Å². The fourth-order valence-corrected chi connectivity index (χ4v) is 2.27. The molecule has 3 nitrogen and oxygen atoms in total. The summed E-state index contributed by atoms with van der Waals surface area (Å²) in [5.74, 6) is -0.333. The molecule has 0 aromatic carbocycles. The summed E-state index contributed by atoms with van der Waals surface area (Å²) in [6.45, 7) is 2.15. The molecule has 16 heavy (non-hydrogen) atoms. The summed E-state index contributed by atoms with van der Waals surface area (Å²) in [5, 5.41) is 13.1. The average Bonchev–Trinajstić information content (AvgIpc) is 2.69. The van der Waals surface area contributed by atoms with Crippen LogP contribution in [0.4, 0.5) is 0 Å². The van der Waals surface area contributed by atoms with E-state index in [9.17, 15) is 4.79 Å². The molecule has 84 valence electrons. The molecular weight excluding hydrogens is 288 g/mol. The van der Waals surface area contributed by atoms with Gasteiger partial charge in [0, 0.05) is 27.4 Å². The minimum Gasteiger partial charge on any atom is -0.351 e. The third kappa shape index (κ3) is 4.60. The number of carbonyl (C=O) groups excluding carboxylic acids is 1. The fraction of sp³-hybridized carbons (Fsp3) is 0.273. The van der Waals surface area contributed by atoms with E-state index in [0.29, 0.717) is 6.54 Å². The maximum Gasteiger partial charge on any atom is 0.244 e. The van der Waals surface area contributed by atoms with E-state index in [4.69, 9.17) is 5.26 Å². The van der Waals surface area contributed by atoms with Crippen molar-refractivity contribution in [3.8, 4) is 6.07 Å². The maximum atomic E-state index is 11.3. The normalized spacial score (nSPS) is 12.3. The zero-order valence-electron chi connectivity index (χ0n) is 8.74. The molecular formula is C11H11BrN2OS. The number of nitrogens with zero attached hydrogens (tertiary/aromatic N) is 1. The second-order valence-corrected chi connectivity index (χ2v) is 5.13. The van der Waals surface area contributed by atoms with Crippen LogP contribution in [-0.2, 0) is 4.79 Å². The number of nitriles is 1. The second kappa shape index (κ2) is 6.46. The number of hydrogen-bond donors (Lipinski definition) is 1. The summed E-state index contributed by atoms with van der Waals surface area (Å²) in [6, 6.07) is 3.99. The summed E-state index contributed by atoms with van der Waals surface area (Å²) < 4.78 is 1.01. The summed E-state index contributed by atoms with van der Waals surface area (Å²) >= 11 is 4.89. The van der Waals surface area contributed by atoms with Gasteiger partial charge in [0.25, 0.3) is 0 Å². The summed E-state index contributed by atoms with van der Waals surface area (Å²) in [5.41, 5.74) is 0. The topological polar surface area (TPSA) is 52.9 Å². The van der Waals surface area contributed by atoms with Crippen LogP contribution in [0.5, 0.6) is 0 Å². The Balaban J connectivity index is 2.40. The van der Waals surface area contributed by atoms with Gasteiger partial charge in [-0.3, -0.25) is 4.79 Å². The monoisotopic (exact) mass is 298 g/mol. The molecule has 0 aliphatic rings. The number of carbonyl (C=O) groups is 1. The lowest BCUT2D eigenvalue weighted by atomic mass is 10.2. The van der Waals surface area contributed by atoms with Crippen molar-refractivity contribution in [3.05, 3.63) is 26.9 Å². The van der Waals surface area contributed by atoms with Crippen molar-refractivity contribution in [2.45, 2.75) is 6.92 Å². The standard InChI is InChI=1S/C11H11BrN2OS/c1-8(5-13)6-14-11(15)3-2-10-4-9(12)7-16-10/h2-4,7-8H,6H2,1H3,(H,14,15)/b3-2+/t8-/m1/s1. The lowest BCUT2D eigenvalue weighted by Crippen LogP contribution is -2.25. The van der Waals surface area contributed by atoms with Crippen LogP contribution in [0.2, 0.25) is 0 Å². The molecule has 0 radical (unpaired) electrons. The highest BCUT2D eigenvalue weighted by Gasteiger charge is 2.01. The third-order valence-corrected chi connectivity index (χ3v) is 3.45. The van der Waals surface area contributed by atoms with Crippen molar-refractivity contribution < 1.29 is 4.79 Å². The van der Waals surface area contributed by atoms with Crippen molar-refractivity contribution in [3.63, 3.8) is 0 Å². The first-order valence-corrected chi connectivity index (χ1v) is 6.38. The highest BCUT2D eigenvalue weighted by Crippen LogP contribution is 2.20. The lowest BCUT2D eigenvalue weighted by Gasteiger charge is -2.01. The van der Waals surface area contributed by atoms with Crippen LogP contribution in [-0.4, -0.2) is 12.5 Å². The molecule has 1 aromatic heterocycles. The van der Waals surface area contributed by atoms with E-state index in [2.05, 4.69) is 27.3 Å². The number of thiophene rings is 1. The van der Waals surface area contributed by atoms with Crippen molar-refractivity contribution in [2.75, 3.05) is 6.54 Å². The molecule has 5 heteroatoms. The minimum atomic E-state index is -0.174. The van der Waals surface area contributed by atoms with Crippen LogP contribution in [0.15, 0.2) is 22.0 Å². The van der Waals surface area contributed by atoms with Gasteiger partial charge in [-0.25, -0.2) is 0 Å². The molecule has 1 heterocycles. The van der Waals surface area contributed by atoms with Gasteiger partial charge < -0.3 is 5.32 Å². The highest BCUT2D eigenvalue weighted by atomic mass is 79.9. The van der Waals surface area contributed by atoms with Gasteiger partial charge in [0.05, 0.1) is 12.0 Å². The van der Waals surface area contributed by atoms with Gasteiger partial charge in [-0.15, -0.1) is 11.3 Å². The Morgan fingerprint density at radius 3 is 3.12 bits per heavy atom. The van der Waals surface area contributed by atoms with Crippen LogP contribution in [0.1, 0.15) is 11.8 Å². The molecule has 0 aliphatic heterocycles.